The highest BCUT2D eigenvalue weighted by molar-refractivity contribution is 8.03. The maximum Gasteiger partial charge on any atom is 0.161 e. The summed E-state index contributed by atoms with van der Waals surface area (Å²) < 4.78 is 41.4. The largest absolute Gasteiger partial charge is 0.312 e. The van der Waals surface area contributed by atoms with Crippen LogP contribution in [0.3, 0.4) is 0 Å². The number of sulfone groups is 1. The maximum atomic E-state index is 14.7. The number of hydrogen-bond donors (Lipinski definition) is 0. The van der Waals surface area contributed by atoms with E-state index < -0.39 is 22.0 Å². The van der Waals surface area contributed by atoms with Gasteiger partial charge >= 0.3 is 0 Å². The summed E-state index contributed by atoms with van der Waals surface area (Å²) in [6.07, 6.45) is 0.724. The standard InChI is InChI=1S/C23H25O3PS/c1-2-18-28(25,26)23(19-20-12-6-3-7-13-20)27(24,21-14-8-4-9-15-21)22-16-10-5-11-17-22/h3-17,23H,2,18-19H2,1H3/t23-/m0/s1. The van der Waals surface area contributed by atoms with Crippen LogP contribution >= 0.6 is 7.14 Å². The summed E-state index contributed by atoms with van der Waals surface area (Å²) in [7, 11) is -7.03. The zero-order chi connectivity index (χ0) is 20.0. The Balaban J connectivity index is 2.24. The van der Waals surface area contributed by atoms with Gasteiger partial charge in [0.1, 0.15) is 4.99 Å². The van der Waals surface area contributed by atoms with Crippen molar-refractivity contribution in [1.82, 2.24) is 0 Å². The minimum atomic E-state index is -3.59. The molecule has 0 spiro atoms. The third-order valence-electron chi connectivity index (χ3n) is 4.84. The molecule has 3 rings (SSSR count). The Morgan fingerprint density at radius 3 is 1.61 bits per heavy atom. The molecule has 0 saturated heterocycles. The number of rotatable bonds is 8. The Kier molecular flexibility index (Phi) is 6.53. The molecule has 146 valence electrons. The van der Waals surface area contributed by atoms with Gasteiger partial charge in [-0.25, -0.2) is 8.42 Å². The summed E-state index contributed by atoms with van der Waals surface area (Å²) in [6.45, 7) is 1.84. The van der Waals surface area contributed by atoms with Crippen molar-refractivity contribution in [3.05, 3.63) is 96.6 Å². The molecule has 0 amide bonds. The normalized spacial score (nSPS) is 13.2. The van der Waals surface area contributed by atoms with Gasteiger partial charge in [0.2, 0.25) is 0 Å². The van der Waals surface area contributed by atoms with Crippen LogP contribution in [0.2, 0.25) is 0 Å². The van der Waals surface area contributed by atoms with E-state index in [9.17, 15) is 13.0 Å². The molecule has 0 unspecified atom stereocenters. The van der Waals surface area contributed by atoms with Gasteiger partial charge in [-0.3, -0.25) is 0 Å². The molecule has 0 radical (unpaired) electrons. The van der Waals surface area contributed by atoms with Gasteiger partial charge in [-0.05, 0) is 18.4 Å². The first-order valence-electron chi connectivity index (χ1n) is 9.45. The zero-order valence-electron chi connectivity index (χ0n) is 15.9. The van der Waals surface area contributed by atoms with Crippen LogP contribution in [0.25, 0.3) is 0 Å². The van der Waals surface area contributed by atoms with Gasteiger partial charge < -0.3 is 4.57 Å². The highest BCUT2D eigenvalue weighted by atomic mass is 32.2. The van der Waals surface area contributed by atoms with E-state index in [1.165, 1.54) is 0 Å². The average Bonchev–Trinajstić information content (AvgIpc) is 2.73. The summed E-state index contributed by atoms with van der Waals surface area (Å²) >= 11 is 0. The molecule has 0 aliphatic rings. The Morgan fingerprint density at radius 2 is 1.18 bits per heavy atom. The summed E-state index contributed by atoms with van der Waals surface area (Å²) in [6, 6.07) is 27.6. The Morgan fingerprint density at radius 1 is 0.750 bits per heavy atom. The topological polar surface area (TPSA) is 51.2 Å². The van der Waals surface area contributed by atoms with Crippen molar-refractivity contribution in [2.45, 2.75) is 24.8 Å². The number of hydrogen-bond acceptors (Lipinski definition) is 3. The van der Waals surface area contributed by atoms with E-state index in [0.717, 1.165) is 5.56 Å². The monoisotopic (exact) mass is 412 g/mol. The van der Waals surface area contributed by atoms with Crippen molar-refractivity contribution >= 4 is 27.6 Å². The molecular weight excluding hydrogens is 387 g/mol. The SMILES string of the molecule is CCCS(=O)(=O)[C@@H](Cc1ccccc1)P(=O)(c1ccccc1)c1ccccc1. The second-order valence-electron chi connectivity index (χ2n) is 6.84. The summed E-state index contributed by atoms with van der Waals surface area (Å²) in [4.78, 5) is -0.993. The first kappa shape index (κ1) is 20.6. The van der Waals surface area contributed by atoms with Crippen molar-refractivity contribution < 1.29 is 13.0 Å². The zero-order valence-corrected chi connectivity index (χ0v) is 17.7. The summed E-state index contributed by atoms with van der Waals surface area (Å²) in [5.41, 5.74) is 0.874. The number of benzene rings is 3. The van der Waals surface area contributed by atoms with Gasteiger partial charge in [-0.15, -0.1) is 0 Å². The molecule has 0 N–H and O–H groups in total. The van der Waals surface area contributed by atoms with Gasteiger partial charge in [-0.2, -0.15) is 0 Å². The fourth-order valence-corrected chi connectivity index (χ4v) is 10.3. The summed E-state index contributed by atoms with van der Waals surface area (Å²) in [5, 5.41) is 1.17. The third kappa shape index (κ3) is 4.29. The van der Waals surface area contributed by atoms with Crippen LogP contribution in [-0.4, -0.2) is 19.2 Å². The highest BCUT2D eigenvalue weighted by Crippen LogP contribution is 2.52. The molecule has 0 aromatic heterocycles. The molecule has 1 atom stereocenters. The third-order valence-corrected chi connectivity index (χ3v) is 11.8. The van der Waals surface area contributed by atoms with Crippen molar-refractivity contribution in [2.24, 2.45) is 0 Å². The van der Waals surface area contributed by atoms with Gasteiger partial charge in [-0.1, -0.05) is 97.9 Å². The quantitative estimate of drug-likeness (QED) is 0.516. The molecule has 0 saturated carbocycles. The van der Waals surface area contributed by atoms with Crippen LogP contribution < -0.4 is 10.6 Å². The molecule has 3 aromatic rings. The van der Waals surface area contributed by atoms with Crippen LogP contribution in [0, 0.1) is 0 Å². The van der Waals surface area contributed by atoms with E-state index in [1.54, 1.807) is 24.3 Å². The van der Waals surface area contributed by atoms with E-state index in [-0.39, 0.29) is 12.2 Å². The van der Waals surface area contributed by atoms with Gasteiger partial charge in [0, 0.05) is 10.6 Å². The highest BCUT2D eigenvalue weighted by Gasteiger charge is 2.44. The maximum absolute atomic E-state index is 14.7. The molecule has 5 heteroatoms. The van der Waals surface area contributed by atoms with E-state index in [1.807, 2.05) is 73.7 Å². The lowest BCUT2D eigenvalue weighted by molar-refractivity contribution is 0.572. The van der Waals surface area contributed by atoms with Gasteiger partial charge in [0.25, 0.3) is 0 Å². The molecule has 0 aliphatic carbocycles. The second-order valence-corrected chi connectivity index (χ2v) is 12.5. The van der Waals surface area contributed by atoms with Crippen LogP contribution in [0.4, 0.5) is 0 Å². The molecule has 0 bridgehead atoms. The first-order chi connectivity index (χ1) is 13.5. The van der Waals surface area contributed by atoms with E-state index in [2.05, 4.69) is 0 Å². The molecule has 0 aliphatic heterocycles. The van der Waals surface area contributed by atoms with Gasteiger partial charge in [0.05, 0.1) is 5.75 Å². The minimum Gasteiger partial charge on any atom is -0.312 e. The van der Waals surface area contributed by atoms with E-state index in [0.29, 0.717) is 17.0 Å². The predicted molar refractivity (Wildman–Crippen MR) is 118 cm³/mol. The minimum absolute atomic E-state index is 0.0220. The van der Waals surface area contributed by atoms with Crippen LogP contribution in [0.1, 0.15) is 18.9 Å². The molecule has 0 fully saturated rings. The summed E-state index contributed by atoms with van der Waals surface area (Å²) in [5.74, 6) is 0.0220. The lowest BCUT2D eigenvalue weighted by Crippen LogP contribution is -2.34. The molecule has 3 aromatic carbocycles. The molecule has 3 nitrogen and oxygen atoms in total. The smallest absolute Gasteiger partial charge is 0.161 e. The molecule has 28 heavy (non-hydrogen) atoms. The van der Waals surface area contributed by atoms with E-state index in [4.69, 9.17) is 0 Å². The van der Waals surface area contributed by atoms with Gasteiger partial charge in [0.15, 0.2) is 17.0 Å². The second kappa shape index (κ2) is 8.89. The first-order valence-corrected chi connectivity index (χ1v) is 12.9. The Hall–Kier alpha value is -2.16. The van der Waals surface area contributed by atoms with Crippen LogP contribution in [0.15, 0.2) is 91.0 Å². The van der Waals surface area contributed by atoms with Crippen LogP contribution in [-0.2, 0) is 20.8 Å². The van der Waals surface area contributed by atoms with E-state index >= 15 is 0 Å². The van der Waals surface area contributed by atoms with Crippen LogP contribution in [0.5, 0.6) is 0 Å². The fourth-order valence-electron chi connectivity index (χ4n) is 3.50. The van der Waals surface area contributed by atoms with Crippen molar-refractivity contribution in [3.63, 3.8) is 0 Å². The molecule has 0 heterocycles. The lowest BCUT2D eigenvalue weighted by Gasteiger charge is -2.29. The average molecular weight is 412 g/mol. The lowest BCUT2D eigenvalue weighted by atomic mass is 10.2. The molecular formula is C23H25O3PS. The Bertz CT molecular complexity index is 989. The van der Waals surface area contributed by atoms with Crippen molar-refractivity contribution in [3.8, 4) is 0 Å². The Labute approximate surface area is 167 Å². The van der Waals surface area contributed by atoms with Crippen molar-refractivity contribution in [2.75, 3.05) is 5.75 Å². The van der Waals surface area contributed by atoms with Crippen molar-refractivity contribution in [1.29, 1.82) is 0 Å². The predicted octanol–water partition coefficient (Wildman–Crippen LogP) is 4.39. The fraction of sp³-hybridized carbons (Fsp3) is 0.217.